The number of aromatic nitrogens is 1. The summed E-state index contributed by atoms with van der Waals surface area (Å²) < 4.78 is 5.33. The van der Waals surface area contributed by atoms with Crippen LogP contribution < -0.4 is 5.32 Å². The normalized spacial score (nSPS) is 11.9. The second-order valence-corrected chi connectivity index (χ2v) is 5.56. The van der Waals surface area contributed by atoms with Crippen LogP contribution in [0, 0.1) is 0 Å². The molecule has 0 aliphatic carbocycles. The lowest BCUT2D eigenvalue weighted by Crippen LogP contribution is -2.28. The van der Waals surface area contributed by atoms with E-state index in [0.717, 1.165) is 5.56 Å². The van der Waals surface area contributed by atoms with Crippen molar-refractivity contribution in [2.45, 2.75) is 6.10 Å². The van der Waals surface area contributed by atoms with Gasteiger partial charge in [-0.05, 0) is 18.2 Å². The molecule has 6 heteroatoms. The topological polar surface area (TPSA) is 75.4 Å². The van der Waals surface area contributed by atoms with Gasteiger partial charge in [-0.25, -0.2) is 4.98 Å². The number of aliphatic hydroxyl groups excluding tert-OH is 1. The Kier molecular flexibility index (Phi) is 4.93. The first-order valence-electron chi connectivity index (χ1n) is 7.37. The number of aliphatic hydroxyl groups is 1. The SMILES string of the molecule is O=C(NCC(O)c1ccccc1Cl)c1coc(-c2ccccc2)n1. The zero-order chi connectivity index (χ0) is 16.9. The third-order valence-electron chi connectivity index (χ3n) is 3.48. The van der Waals surface area contributed by atoms with Gasteiger partial charge in [-0.1, -0.05) is 48.0 Å². The second kappa shape index (κ2) is 7.29. The smallest absolute Gasteiger partial charge is 0.273 e. The number of rotatable bonds is 5. The number of nitrogens with one attached hydrogen (secondary N) is 1. The summed E-state index contributed by atoms with van der Waals surface area (Å²) in [5.41, 5.74) is 1.50. The molecule has 24 heavy (non-hydrogen) atoms. The molecule has 3 rings (SSSR count). The third kappa shape index (κ3) is 3.64. The van der Waals surface area contributed by atoms with Crippen LogP contribution in [-0.2, 0) is 0 Å². The van der Waals surface area contributed by atoms with Gasteiger partial charge in [0.15, 0.2) is 5.69 Å². The van der Waals surface area contributed by atoms with Crippen LogP contribution in [0.2, 0.25) is 5.02 Å². The highest BCUT2D eigenvalue weighted by atomic mass is 35.5. The fraction of sp³-hybridized carbons (Fsp3) is 0.111. The number of carbonyl (C=O) groups is 1. The number of benzene rings is 2. The highest BCUT2D eigenvalue weighted by Crippen LogP contribution is 2.22. The molecule has 0 bridgehead atoms. The van der Waals surface area contributed by atoms with Crippen molar-refractivity contribution in [3.8, 4) is 11.5 Å². The number of carbonyl (C=O) groups excluding carboxylic acids is 1. The fourth-order valence-electron chi connectivity index (χ4n) is 2.23. The number of nitrogens with zero attached hydrogens (tertiary/aromatic N) is 1. The quantitative estimate of drug-likeness (QED) is 0.744. The second-order valence-electron chi connectivity index (χ2n) is 5.15. The first kappa shape index (κ1) is 16.2. The van der Waals surface area contributed by atoms with Crippen molar-refractivity contribution < 1.29 is 14.3 Å². The monoisotopic (exact) mass is 342 g/mol. The van der Waals surface area contributed by atoms with E-state index in [1.807, 2.05) is 30.3 Å². The molecule has 1 amide bonds. The van der Waals surface area contributed by atoms with Gasteiger partial charge >= 0.3 is 0 Å². The average molecular weight is 343 g/mol. The van der Waals surface area contributed by atoms with Crippen LogP contribution in [-0.4, -0.2) is 22.5 Å². The minimum Gasteiger partial charge on any atom is -0.444 e. The van der Waals surface area contributed by atoms with Gasteiger partial charge in [-0.2, -0.15) is 0 Å². The highest BCUT2D eigenvalue weighted by molar-refractivity contribution is 6.31. The number of oxazole rings is 1. The van der Waals surface area contributed by atoms with Gasteiger partial charge in [0.25, 0.3) is 5.91 Å². The lowest BCUT2D eigenvalue weighted by atomic mass is 10.1. The summed E-state index contributed by atoms with van der Waals surface area (Å²) >= 11 is 6.02. The predicted octanol–water partition coefficient (Wildman–Crippen LogP) is 3.46. The van der Waals surface area contributed by atoms with E-state index in [2.05, 4.69) is 10.3 Å². The van der Waals surface area contributed by atoms with Crippen molar-refractivity contribution in [2.24, 2.45) is 0 Å². The maximum Gasteiger partial charge on any atom is 0.273 e. The van der Waals surface area contributed by atoms with Gasteiger partial charge in [0, 0.05) is 22.7 Å². The van der Waals surface area contributed by atoms with Gasteiger partial charge < -0.3 is 14.8 Å². The molecular formula is C18H15ClN2O3. The van der Waals surface area contributed by atoms with Crippen LogP contribution in [0.15, 0.2) is 65.3 Å². The molecule has 2 aromatic carbocycles. The van der Waals surface area contributed by atoms with E-state index >= 15 is 0 Å². The van der Waals surface area contributed by atoms with Gasteiger partial charge in [-0.3, -0.25) is 4.79 Å². The molecule has 0 radical (unpaired) electrons. The molecule has 1 heterocycles. The maximum absolute atomic E-state index is 12.1. The first-order valence-corrected chi connectivity index (χ1v) is 7.74. The van der Waals surface area contributed by atoms with Crippen molar-refractivity contribution >= 4 is 17.5 Å². The summed E-state index contributed by atoms with van der Waals surface area (Å²) in [5, 5.41) is 13.2. The Morgan fingerprint density at radius 3 is 2.62 bits per heavy atom. The minimum atomic E-state index is -0.900. The van der Waals surface area contributed by atoms with Crippen LogP contribution in [0.5, 0.6) is 0 Å². The molecule has 0 saturated carbocycles. The van der Waals surface area contributed by atoms with Crippen molar-refractivity contribution in [2.75, 3.05) is 6.54 Å². The van der Waals surface area contributed by atoms with Gasteiger partial charge in [0.05, 0.1) is 6.10 Å². The standard InChI is InChI=1S/C18H15ClN2O3/c19-14-9-5-4-8-13(14)16(22)10-20-17(23)15-11-24-18(21-15)12-6-2-1-3-7-12/h1-9,11,16,22H,10H2,(H,20,23). The Morgan fingerprint density at radius 1 is 1.17 bits per heavy atom. The van der Waals surface area contributed by atoms with Gasteiger partial charge in [0.2, 0.25) is 5.89 Å². The summed E-state index contributed by atoms with van der Waals surface area (Å²) in [4.78, 5) is 16.3. The number of hydrogen-bond acceptors (Lipinski definition) is 4. The Labute approximate surface area is 143 Å². The fourth-order valence-corrected chi connectivity index (χ4v) is 2.49. The molecule has 2 N–H and O–H groups in total. The zero-order valence-electron chi connectivity index (χ0n) is 12.6. The van der Waals surface area contributed by atoms with Crippen LogP contribution in [0.1, 0.15) is 22.2 Å². The van der Waals surface area contributed by atoms with E-state index in [4.69, 9.17) is 16.0 Å². The molecule has 1 aromatic heterocycles. The van der Waals surface area contributed by atoms with E-state index in [-0.39, 0.29) is 12.2 Å². The molecule has 122 valence electrons. The van der Waals surface area contributed by atoms with E-state index in [0.29, 0.717) is 16.5 Å². The molecule has 1 unspecified atom stereocenters. The summed E-state index contributed by atoms with van der Waals surface area (Å²) in [6.45, 7) is 0.0239. The summed E-state index contributed by atoms with van der Waals surface area (Å²) in [6, 6.07) is 16.2. The molecule has 3 aromatic rings. The Morgan fingerprint density at radius 2 is 1.88 bits per heavy atom. The van der Waals surface area contributed by atoms with Crippen molar-refractivity contribution in [1.82, 2.24) is 10.3 Å². The Bertz CT molecular complexity index is 833. The first-order chi connectivity index (χ1) is 11.6. The molecule has 0 saturated heterocycles. The van der Waals surface area contributed by atoms with Crippen LogP contribution in [0.4, 0.5) is 0 Å². The lowest BCUT2D eigenvalue weighted by Gasteiger charge is -2.12. The van der Waals surface area contributed by atoms with Crippen molar-refractivity contribution in [1.29, 1.82) is 0 Å². The summed E-state index contributed by atoms with van der Waals surface area (Å²) in [5.74, 6) is -0.0561. The van der Waals surface area contributed by atoms with Crippen LogP contribution in [0.25, 0.3) is 11.5 Å². The average Bonchev–Trinajstić information content (AvgIpc) is 3.11. The molecule has 1 atom stereocenters. The van der Waals surface area contributed by atoms with Gasteiger partial charge in [0.1, 0.15) is 6.26 Å². The van der Waals surface area contributed by atoms with Crippen LogP contribution in [0.3, 0.4) is 0 Å². The molecule has 0 spiro atoms. The number of hydrogen-bond donors (Lipinski definition) is 2. The largest absolute Gasteiger partial charge is 0.444 e. The lowest BCUT2D eigenvalue weighted by molar-refractivity contribution is 0.0911. The van der Waals surface area contributed by atoms with Gasteiger partial charge in [-0.15, -0.1) is 0 Å². The van der Waals surface area contributed by atoms with E-state index < -0.39 is 12.0 Å². The number of halogens is 1. The molecule has 0 aliphatic rings. The van der Waals surface area contributed by atoms with Crippen LogP contribution >= 0.6 is 11.6 Å². The predicted molar refractivity (Wildman–Crippen MR) is 90.7 cm³/mol. The molecule has 0 fully saturated rings. The Hall–Kier alpha value is -2.63. The summed E-state index contributed by atoms with van der Waals surface area (Å²) in [6.07, 6.45) is 0.391. The van der Waals surface area contributed by atoms with Crippen molar-refractivity contribution in [3.63, 3.8) is 0 Å². The summed E-state index contributed by atoms with van der Waals surface area (Å²) in [7, 11) is 0. The Balaban J connectivity index is 1.64. The highest BCUT2D eigenvalue weighted by Gasteiger charge is 2.16. The molecular weight excluding hydrogens is 328 g/mol. The van der Waals surface area contributed by atoms with E-state index in [9.17, 15) is 9.90 Å². The third-order valence-corrected chi connectivity index (χ3v) is 3.82. The molecule has 0 aliphatic heterocycles. The van der Waals surface area contributed by atoms with Crippen molar-refractivity contribution in [3.05, 3.63) is 77.1 Å². The molecule has 5 nitrogen and oxygen atoms in total. The maximum atomic E-state index is 12.1. The number of amides is 1. The van der Waals surface area contributed by atoms with E-state index in [1.54, 1.807) is 24.3 Å². The van der Waals surface area contributed by atoms with E-state index in [1.165, 1.54) is 6.26 Å². The minimum absolute atomic E-state index is 0.0239. The zero-order valence-corrected chi connectivity index (χ0v) is 13.4.